The molecule has 100 valence electrons. The average molecular weight is 271 g/mol. The highest BCUT2D eigenvalue weighted by Gasteiger charge is 2.12. The summed E-state index contributed by atoms with van der Waals surface area (Å²) in [6, 6.07) is 10.9. The molecule has 0 aliphatic rings. The average Bonchev–Trinajstić information content (AvgIpc) is 2.86. The number of aldehydes is 1. The minimum Gasteiger partial charge on any atom is -0.342 e. The largest absolute Gasteiger partial charge is 0.342 e. The number of para-hydroxylation sites is 1. The van der Waals surface area contributed by atoms with Crippen molar-refractivity contribution in [2.45, 2.75) is 6.54 Å². The number of nitrogens with zero attached hydrogens (tertiary/aromatic N) is 1. The smallest absolute Gasteiger partial charge is 0.152 e. The highest BCUT2D eigenvalue weighted by molar-refractivity contribution is 5.96. The molecule has 0 saturated heterocycles. The van der Waals surface area contributed by atoms with Crippen molar-refractivity contribution in [3.05, 3.63) is 71.4 Å². The van der Waals surface area contributed by atoms with Crippen LogP contribution in [0.25, 0.3) is 10.9 Å². The first-order valence-electron chi connectivity index (χ1n) is 6.16. The van der Waals surface area contributed by atoms with Crippen LogP contribution in [0.4, 0.5) is 8.78 Å². The number of hydrogen-bond acceptors (Lipinski definition) is 1. The molecule has 0 fully saturated rings. The second-order valence-corrected chi connectivity index (χ2v) is 4.55. The second-order valence-electron chi connectivity index (χ2n) is 4.55. The first-order chi connectivity index (χ1) is 9.70. The van der Waals surface area contributed by atoms with Crippen LogP contribution in [-0.4, -0.2) is 10.9 Å². The van der Waals surface area contributed by atoms with Gasteiger partial charge in [0.25, 0.3) is 0 Å². The Balaban J connectivity index is 2.14. The molecule has 2 aromatic carbocycles. The van der Waals surface area contributed by atoms with Crippen LogP contribution >= 0.6 is 0 Å². The summed E-state index contributed by atoms with van der Waals surface area (Å²) < 4.78 is 29.1. The molecule has 0 amide bonds. The van der Waals surface area contributed by atoms with E-state index in [0.29, 0.717) is 11.1 Å². The summed E-state index contributed by atoms with van der Waals surface area (Å²) in [6.45, 7) is 0.0485. The third kappa shape index (κ3) is 1.99. The van der Waals surface area contributed by atoms with E-state index in [-0.39, 0.29) is 12.1 Å². The van der Waals surface area contributed by atoms with E-state index in [9.17, 15) is 13.6 Å². The minimum absolute atomic E-state index is 0.00861. The first kappa shape index (κ1) is 12.5. The van der Waals surface area contributed by atoms with Crippen LogP contribution in [0, 0.1) is 11.6 Å². The summed E-state index contributed by atoms with van der Waals surface area (Å²) in [6.07, 6.45) is 2.47. The standard InChI is InChI=1S/C16H11F2NO/c17-14-5-2-6-15(18)13(14)9-19-8-7-11-3-1-4-12(10-20)16(11)19/h1-8,10H,9H2. The highest BCUT2D eigenvalue weighted by Crippen LogP contribution is 2.22. The number of benzene rings is 2. The Morgan fingerprint density at radius 1 is 1.00 bits per heavy atom. The van der Waals surface area contributed by atoms with Gasteiger partial charge in [-0.15, -0.1) is 0 Å². The van der Waals surface area contributed by atoms with Crippen LogP contribution in [0.2, 0.25) is 0 Å². The zero-order valence-electron chi connectivity index (χ0n) is 10.5. The van der Waals surface area contributed by atoms with Crippen LogP contribution in [0.15, 0.2) is 48.7 Å². The van der Waals surface area contributed by atoms with Crippen molar-refractivity contribution in [3.63, 3.8) is 0 Å². The fourth-order valence-corrected chi connectivity index (χ4v) is 2.37. The lowest BCUT2D eigenvalue weighted by Crippen LogP contribution is -2.04. The topological polar surface area (TPSA) is 22.0 Å². The van der Waals surface area contributed by atoms with E-state index < -0.39 is 11.6 Å². The molecule has 20 heavy (non-hydrogen) atoms. The number of hydrogen-bond donors (Lipinski definition) is 0. The number of halogens is 2. The molecular weight excluding hydrogens is 260 g/mol. The lowest BCUT2D eigenvalue weighted by atomic mass is 10.1. The molecule has 0 N–H and O–H groups in total. The van der Waals surface area contributed by atoms with Gasteiger partial charge in [-0.05, 0) is 24.3 Å². The van der Waals surface area contributed by atoms with Crippen LogP contribution < -0.4 is 0 Å². The molecule has 0 radical (unpaired) electrons. The fourth-order valence-electron chi connectivity index (χ4n) is 2.37. The maximum atomic E-state index is 13.7. The van der Waals surface area contributed by atoms with Crippen molar-refractivity contribution in [3.8, 4) is 0 Å². The minimum atomic E-state index is -0.588. The molecular formula is C16H11F2NO. The quantitative estimate of drug-likeness (QED) is 0.664. The molecule has 0 bridgehead atoms. The van der Waals surface area contributed by atoms with E-state index in [4.69, 9.17) is 0 Å². The van der Waals surface area contributed by atoms with Crippen LogP contribution in [0.5, 0.6) is 0 Å². The number of carbonyl (C=O) groups is 1. The Kier molecular flexibility index (Phi) is 3.06. The van der Waals surface area contributed by atoms with E-state index >= 15 is 0 Å². The number of rotatable bonds is 3. The zero-order valence-corrected chi connectivity index (χ0v) is 10.5. The molecule has 1 heterocycles. The van der Waals surface area contributed by atoms with Crippen LogP contribution in [-0.2, 0) is 6.54 Å². The van der Waals surface area contributed by atoms with Crippen molar-refractivity contribution in [2.24, 2.45) is 0 Å². The summed E-state index contributed by atoms with van der Waals surface area (Å²) in [4.78, 5) is 11.1. The highest BCUT2D eigenvalue weighted by atomic mass is 19.1. The molecule has 1 aromatic heterocycles. The van der Waals surface area contributed by atoms with Gasteiger partial charge < -0.3 is 4.57 Å². The zero-order chi connectivity index (χ0) is 14.1. The third-order valence-electron chi connectivity index (χ3n) is 3.34. The molecule has 0 unspecified atom stereocenters. The number of aromatic nitrogens is 1. The van der Waals surface area contributed by atoms with Crippen molar-refractivity contribution >= 4 is 17.2 Å². The van der Waals surface area contributed by atoms with Gasteiger partial charge in [0.15, 0.2) is 6.29 Å². The van der Waals surface area contributed by atoms with Gasteiger partial charge in [0.1, 0.15) is 11.6 Å². The van der Waals surface area contributed by atoms with Crippen molar-refractivity contribution in [1.82, 2.24) is 4.57 Å². The second kappa shape index (κ2) is 4.89. The summed E-state index contributed by atoms with van der Waals surface area (Å²) in [5.41, 5.74) is 1.18. The molecule has 3 rings (SSSR count). The summed E-state index contributed by atoms with van der Waals surface area (Å²) in [5, 5.41) is 0.867. The lowest BCUT2D eigenvalue weighted by molar-refractivity contribution is 0.112. The van der Waals surface area contributed by atoms with E-state index in [2.05, 4.69) is 0 Å². The summed E-state index contributed by atoms with van der Waals surface area (Å²) in [7, 11) is 0. The Morgan fingerprint density at radius 2 is 1.70 bits per heavy atom. The van der Waals surface area contributed by atoms with Crippen LogP contribution in [0.1, 0.15) is 15.9 Å². The van der Waals surface area contributed by atoms with E-state index in [1.165, 1.54) is 18.2 Å². The SMILES string of the molecule is O=Cc1cccc2ccn(Cc3c(F)cccc3F)c12. The molecule has 0 saturated carbocycles. The Morgan fingerprint density at radius 3 is 2.40 bits per heavy atom. The molecule has 0 atom stereocenters. The normalized spacial score (nSPS) is 10.9. The number of fused-ring (bicyclic) bond motifs is 1. The van der Waals surface area contributed by atoms with Crippen molar-refractivity contribution in [2.75, 3.05) is 0 Å². The molecule has 2 nitrogen and oxygen atoms in total. The molecule has 0 aliphatic carbocycles. The van der Waals surface area contributed by atoms with Gasteiger partial charge in [-0.3, -0.25) is 4.79 Å². The van der Waals surface area contributed by atoms with E-state index in [1.54, 1.807) is 22.9 Å². The number of carbonyl (C=O) groups excluding carboxylic acids is 1. The Labute approximate surface area is 114 Å². The fraction of sp³-hybridized carbons (Fsp3) is 0.0625. The van der Waals surface area contributed by atoms with Gasteiger partial charge >= 0.3 is 0 Å². The van der Waals surface area contributed by atoms with E-state index in [1.807, 2.05) is 12.1 Å². The molecule has 0 aliphatic heterocycles. The van der Waals surface area contributed by atoms with Gasteiger partial charge in [-0.1, -0.05) is 18.2 Å². The maximum Gasteiger partial charge on any atom is 0.152 e. The monoisotopic (exact) mass is 271 g/mol. The summed E-state index contributed by atoms with van der Waals surface area (Å²) >= 11 is 0. The van der Waals surface area contributed by atoms with Gasteiger partial charge in [-0.2, -0.15) is 0 Å². The van der Waals surface area contributed by atoms with Crippen molar-refractivity contribution < 1.29 is 13.6 Å². The Hall–Kier alpha value is -2.49. The van der Waals surface area contributed by atoms with Gasteiger partial charge in [0.2, 0.25) is 0 Å². The Bertz CT molecular complexity index is 772. The van der Waals surface area contributed by atoms with Crippen LogP contribution in [0.3, 0.4) is 0 Å². The third-order valence-corrected chi connectivity index (χ3v) is 3.34. The predicted octanol–water partition coefficient (Wildman–Crippen LogP) is 3.78. The van der Waals surface area contributed by atoms with E-state index in [0.717, 1.165) is 11.7 Å². The molecule has 4 heteroatoms. The molecule has 0 spiro atoms. The predicted molar refractivity (Wildman–Crippen MR) is 72.8 cm³/mol. The maximum absolute atomic E-state index is 13.7. The van der Waals surface area contributed by atoms with Gasteiger partial charge in [0.05, 0.1) is 12.1 Å². The van der Waals surface area contributed by atoms with Crippen molar-refractivity contribution in [1.29, 1.82) is 0 Å². The van der Waals surface area contributed by atoms with Gasteiger partial charge in [0, 0.05) is 22.7 Å². The lowest BCUT2D eigenvalue weighted by Gasteiger charge is -2.09. The van der Waals surface area contributed by atoms with Gasteiger partial charge in [-0.25, -0.2) is 8.78 Å². The summed E-state index contributed by atoms with van der Waals surface area (Å²) in [5.74, 6) is -1.18. The molecule has 3 aromatic rings. The first-order valence-corrected chi connectivity index (χ1v) is 6.16.